The minimum absolute atomic E-state index is 0.00548. The second-order valence-corrected chi connectivity index (χ2v) is 7.70. The molecule has 0 radical (unpaired) electrons. The summed E-state index contributed by atoms with van der Waals surface area (Å²) < 4.78 is 1.11. The van der Waals surface area contributed by atoms with Gasteiger partial charge in [-0.3, -0.25) is 14.9 Å². The molecule has 1 atom stereocenters. The molecule has 0 saturated carbocycles. The highest BCUT2D eigenvalue weighted by Crippen LogP contribution is 2.38. The zero-order valence-electron chi connectivity index (χ0n) is 12.5. The molecule has 122 valence electrons. The van der Waals surface area contributed by atoms with Gasteiger partial charge in [0, 0.05) is 12.6 Å². The number of carbonyl (C=O) groups is 1. The van der Waals surface area contributed by atoms with E-state index in [4.69, 9.17) is 0 Å². The van der Waals surface area contributed by atoms with Crippen LogP contribution in [0.5, 0.6) is 0 Å². The van der Waals surface area contributed by atoms with Gasteiger partial charge in [-0.15, -0.1) is 11.3 Å². The Labute approximate surface area is 145 Å². The number of hydrogen-bond acceptors (Lipinski definition) is 6. The van der Waals surface area contributed by atoms with E-state index < -0.39 is 4.92 Å². The Bertz CT molecular complexity index is 900. The summed E-state index contributed by atoms with van der Waals surface area (Å²) >= 11 is 2.54. The first kappa shape index (κ1) is 15.2. The molecule has 1 amide bonds. The predicted octanol–water partition coefficient (Wildman–Crippen LogP) is 4.24. The number of para-hydroxylation sites is 1. The second-order valence-electron chi connectivity index (χ2n) is 5.57. The standard InChI is InChI=1S/C16H13N3O3S2/c20-16(13-7-8-14(23-13)19(21)22)18-9-3-5-11(18)15-17-10-4-1-2-6-12(10)24-15/h1-2,4,6-8,11H,3,5,9H2. The lowest BCUT2D eigenvalue weighted by atomic mass is 10.2. The topological polar surface area (TPSA) is 76.3 Å². The number of rotatable bonds is 3. The molecule has 3 heterocycles. The average Bonchev–Trinajstić information content (AvgIpc) is 3.30. The third-order valence-corrected chi connectivity index (χ3v) is 6.25. The van der Waals surface area contributed by atoms with Crippen molar-refractivity contribution in [2.24, 2.45) is 0 Å². The van der Waals surface area contributed by atoms with Crippen LogP contribution in [-0.2, 0) is 0 Å². The third-order valence-electron chi connectivity index (χ3n) is 4.09. The minimum atomic E-state index is -0.462. The lowest BCUT2D eigenvalue weighted by Crippen LogP contribution is -2.29. The van der Waals surface area contributed by atoms with Gasteiger partial charge in [0.2, 0.25) is 0 Å². The molecule has 1 unspecified atom stereocenters. The normalized spacial score (nSPS) is 17.5. The number of hydrogen-bond donors (Lipinski definition) is 0. The van der Waals surface area contributed by atoms with Crippen LogP contribution in [0.4, 0.5) is 5.00 Å². The van der Waals surface area contributed by atoms with Crippen molar-refractivity contribution in [3.05, 3.63) is 56.4 Å². The van der Waals surface area contributed by atoms with Crippen LogP contribution in [0.1, 0.15) is 33.6 Å². The number of amides is 1. The predicted molar refractivity (Wildman–Crippen MR) is 93.6 cm³/mol. The first-order chi connectivity index (χ1) is 11.6. The van der Waals surface area contributed by atoms with E-state index in [1.807, 2.05) is 24.3 Å². The number of aromatic nitrogens is 1. The van der Waals surface area contributed by atoms with Gasteiger partial charge in [0.15, 0.2) is 0 Å². The van der Waals surface area contributed by atoms with Gasteiger partial charge in [0.05, 0.1) is 26.1 Å². The second kappa shape index (κ2) is 5.95. The fourth-order valence-corrected chi connectivity index (χ4v) is 4.87. The van der Waals surface area contributed by atoms with Crippen molar-refractivity contribution in [3.63, 3.8) is 0 Å². The van der Waals surface area contributed by atoms with Crippen LogP contribution in [0.3, 0.4) is 0 Å². The van der Waals surface area contributed by atoms with Gasteiger partial charge < -0.3 is 4.90 Å². The van der Waals surface area contributed by atoms with Crippen LogP contribution in [0, 0.1) is 10.1 Å². The average molecular weight is 359 g/mol. The van der Waals surface area contributed by atoms with Gasteiger partial charge >= 0.3 is 5.00 Å². The first-order valence-electron chi connectivity index (χ1n) is 7.54. The number of thiazole rings is 1. The molecule has 1 aliphatic rings. The maximum absolute atomic E-state index is 12.8. The van der Waals surface area contributed by atoms with Crippen molar-refractivity contribution in [2.75, 3.05) is 6.54 Å². The monoisotopic (exact) mass is 359 g/mol. The van der Waals surface area contributed by atoms with Crippen LogP contribution < -0.4 is 0 Å². The van der Waals surface area contributed by atoms with E-state index in [9.17, 15) is 14.9 Å². The Balaban J connectivity index is 1.64. The molecule has 1 saturated heterocycles. The van der Waals surface area contributed by atoms with Gasteiger partial charge in [0.25, 0.3) is 5.91 Å². The van der Waals surface area contributed by atoms with E-state index in [2.05, 4.69) is 4.98 Å². The van der Waals surface area contributed by atoms with Crippen LogP contribution in [0.25, 0.3) is 10.2 Å². The van der Waals surface area contributed by atoms with E-state index in [1.165, 1.54) is 6.07 Å². The molecule has 6 nitrogen and oxygen atoms in total. The molecule has 3 aromatic rings. The van der Waals surface area contributed by atoms with Crippen LogP contribution in [0.15, 0.2) is 36.4 Å². The number of nitro groups is 1. The SMILES string of the molecule is O=C(c1ccc([N+](=O)[O-])s1)N1CCCC1c1nc2ccccc2s1. The number of nitrogens with zero attached hydrogens (tertiary/aromatic N) is 3. The van der Waals surface area contributed by atoms with E-state index in [0.717, 1.165) is 39.4 Å². The zero-order valence-corrected chi connectivity index (χ0v) is 14.2. The van der Waals surface area contributed by atoms with E-state index in [1.54, 1.807) is 22.3 Å². The Kier molecular flexibility index (Phi) is 3.78. The smallest absolute Gasteiger partial charge is 0.324 e. The van der Waals surface area contributed by atoms with Crippen molar-refractivity contribution in [1.29, 1.82) is 0 Å². The summed E-state index contributed by atoms with van der Waals surface area (Å²) in [6.45, 7) is 0.658. The molecule has 0 spiro atoms. The molecule has 8 heteroatoms. The van der Waals surface area contributed by atoms with Gasteiger partial charge in [-0.25, -0.2) is 4.98 Å². The number of benzene rings is 1. The quantitative estimate of drug-likeness (QED) is 0.517. The molecule has 0 N–H and O–H groups in total. The summed E-state index contributed by atoms with van der Waals surface area (Å²) in [7, 11) is 0. The molecular weight excluding hydrogens is 346 g/mol. The van der Waals surface area contributed by atoms with Crippen LogP contribution in [0.2, 0.25) is 0 Å². The Morgan fingerprint density at radius 2 is 2.08 bits per heavy atom. The number of fused-ring (bicyclic) bond motifs is 1. The lowest BCUT2D eigenvalue weighted by Gasteiger charge is -2.22. The maximum atomic E-state index is 12.8. The Hall–Kier alpha value is -2.32. The van der Waals surface area contributed by atoms with E-state index in [-0.39, 0.29) is 17.0 Å². The van der Waals surface area contributed by atoms with Crippen LogP contribution >= 0.6 is 22.7 Å². The summed E-state index contributed by atoms with van der Waals surface area (Å²) in [4.78, 5) is 30.0. The van der Waals surface area contributed by atoms with Gasteiger partial charge in [-0.1, -0.05) is 23.5 Å². The van der Waals surface area contributed by atoms with Gasteiger partial charge in [-0.05, 0) is 31.0 Å². The highest BCUT2D eigenvalue weighted by Gasteiger charge is 2.33. The molecule has 0 aliphatic carbocycles. The molecule has 4 rings (SSSR count). The zero-order chi connectivity index (χ0) is 16.7. The summed E-state index contributed by atoms with van der Waals surface area (Å²) in [6, 6.07) is 10.8. The summed E-state index contributed by atoms with van der Waals surface area (Å²) in [6.07, 6.45) is 1.79. The van der Waals surface area contributed by atoms with Crippen molar-refractivity contribution < 1.29 is 9.72 Å². The molecule has 1 aromatic carbocycles. The molecule has 0 bridgehead atoms. The van der Waals surface area contributed by atoms with Crippen molar-refractivity contribution >= 4 is 43.8 Å². The fourth-order valence-electron chi connectivity index (χ4n) is 2.98. The molecule has 1 fully saturated rings. The minimum Gasteiger partial charge on any atom is -0.328 e. The highest BCUT2D eigenvalue weighted by molar-refractivity contribution is 7.18. The highest BCUT2D eigenvalue weighted by atomic mass is 32.1. The molecular formula is C16H13N3O3S2. The van der Waals surface area contributed by atoms with E-state index >= 15 is 0 Å². The number of carbonyl (C=O) groups excluding carboxylic acids is 1. The molecule has 2 aromatic heterocycles. The summed E-state index contributed by atoms with van der Waals surface area (Å²) in [5, 5.41) is 11.8. The summed E-state index contributed by atoms with van der Waals surface area (Å²) in [5.74, 6) is -0.144. The van der Waals surface area contributed by atoms with Crippen molar-refractivity contribution in [1.82, 2.24) is 9.88 Å². The number of likely N-dealkylation sites (tertiary alicyclic amines) is 1. The third kappa shape index (κ3) is 2.57. The van der Waals surface area contributed by atoms with Crippen molar-refractivity contribution in [3.8, 4) is 0 Å². The van der Waals surface area contributed by atoms with E-state index in [0.29, 0.717) is 11.4 Å². The van der Waals surface area contributed by atoms with Crippen molar-refractivity contribution in [2.45, 2.75) is 18.9 Å². The molecule has 24 heavy (non-hydrogen) atoms. The maximum Gasteiger partial charge on any atom is 0.324 e. The first-order valence-corrected chi connectivity index (χ1v) is 9.17. The summed E-state index contributed by atoms with van der Waals surface area (Å²) in [5.41, 5.74) is 0.948. The Morgan fingerprint density at radius 3 is 2.83 bits per heavy atom. The number of thiophene rings is 1. The molecule has 1 aliphatic heterocycles. The fraction of sp³-hybridized carbons (Fsp3) is 0.250. The van der Waals surface area contributed by atoms with Gasteiger partial charge in [-0.2, -0.15) is 0 Å². The van der Waals surface area contributed by atoms with Gasteiger partial charge in [0.1, 0.15) is 5.01 Å². The Morgan fingerprint density at radius 1 is 1.25 bits per heavy atom. The largest absolute Gasteiger partial charge is 0.328 e. The lowest BCUT2D eigenvalue weighted by molar-refractivity contribution is -0.380. The van der Waals surface area contributed by atoms with Crippen LogP contribution in [-0.4, -0.2) is 27.3 Å².